The molecule has 1 aromatic heterocycles. The summed E-state index contributed by atoms with van der Waals surface area (Å²) < 4.78 is 28.5. The molecule has 0 bridgehead atoms. The van der Waals surface area contributed by atoms with Gasteiger partial charge < -0.3 is 0 Å². The molecule has 0 aliphatic rings. The van der Waals surface area contributed by atoms with Gasteiger partial charge in [-0.15, -0.1) is 11.3 Å². The van der Waals surface area contributed by atoms with E-state index in [1.165, 1.54) is 23.5 Å². The maximum absolute atomic E-state index is 11.8. The van der Waals surface area contributed by atoms with Crippen LogP contribution in [0.3, 0.4) is 0 Å². The Labute approximate surface area is 104 Å². The summed E-state index contributed by atoms with van der Waals surface area (Å²) in [6.45, 7) is 1.93. The van der Waals surface area contributed by atoms with E-state index in [9.17, 15) is 8.42 Å². The zero-order valence-electron chi connectivity index (χ0n) is 9.16. The second-order valence-corrected chi connectivity index (χ2v) is 6.08. The fourth-order valence-corrected chi connectivity index (χ4v) is 2.69. The van der Waals surface area contributed by atoms with E-state index in [2.05, 4.69) is 4.98 Å². The number of aromatic nitrogens is 1. The highest BCUT2D eigenvalue weighted by atomic mass is 32.2. The van der Waals surface area contributed by atoms with E-state index in [0.29, 0.717) is 0 Å². The van der Waals surface area contributed by atoms with Crippen molar-refractivity contribution in [3.63, 3.8) is 0 Å². The van der Waals surface area contributed by atoms with Crippen LogP contribution in [0.25, 0.3) is 0 Å². The predicted molar refractivity (Wildman–Crippen MR) is 65.3 cm³/mol. The second kappa shape index (κ2) is 4.95. The number of benzene rings is 1. The summed E-state index contributed by atoms with van der Waals surface area (Å²) in [6.07, 6.45) is 1.59. The molecule has 0 atom stereocenters. The van der Waals surface area contributed by atoms with Gasteiger partial charge in [-0.05, 0) is 19.1 Å². The highest BCUT2D eigenvalue weighted by Gasteiger charge is 2.15. The lowest BCUT2D eigenvalue weighted by Crippen LogP contribution is -2.05. The van der Waals surface area contributed by atoms with Crippen LogP contribution >= 0.6 is 11.3 Å². The lowest BCUT2D eigenvalue weighted by atomic mass is 10.2. The minimum atomic E-state index is -3.67. The maximum Gasteiger partial charge on any atom is 0.297 e. The van der Waals surface area contributed by atoms with E-state index < -0.39 is 10.1 Å². The third-order valence-corrected chi connectivity index (χ3v) is 4.18. The Morgan fingerprint density at radius 3 is 2.59 bits per heavy atom. The van der Waals surface area contributed by atoms with Crippen LogP contribution in [0.2, 0.25) is 0 Å². The summed E-state index contributed by atoms with van der Waals surface area (Å²) >= 11 is 1.36. The molecule has 0 N–H and O–H groups in total. The van der Waals surface area contributed by atoms with Crippen LogP contribution in [-0.2, 0) is 20.9 Å². The molecule has 0 saturated heterocycles. The summed E-state index contributed by atoms with van der Waals surface area (Å²) in [6, 6.07) is 6.56. The van der Waals surface area contributed by atoms with Crippen molar-refractivity contribution < 1.29 is 12.6 Å². The van der Waals surface area contributed by atoms with Crippen molar-refractivity contribution in [2.24, 2.45) is 0 Å². The lowest BCUT2D eigenvalue weighted by Gasteiger charge is -2.04. The zero-order valence-corrected chi connectivity index (χ0v) is 10.8. The van der Waals surface area contributed by atoms with Gasteiger partial charge in [0.15, 0.2) is 0 Å². The molecule has 6 heteroatoms. The molecule has 0 fully saturated rings. The van der Waals surface area contributed by atoms with E-state index in [-0.39, 0.29) is 11.5 Å². The molecular formula is C11H11NO3S2. The number of aryl methyl sites for hydroxylation is 1. The third kappa shape index (κ3) is 3.12. The van der Waals surface area contributed by atoms with E-state index in [4.69, 9.17) is 4.18 Å². The van der Waals surface area contributed by atoms with Crippen LogP contribution < -0.4 is 0 Å². The molecule has 17 heavy (non-hydrogen) atoms. The van der Waals surface area contributed by atoms with Crippen molar-refractivity contribution in [3.05, 3.63) is 46.4 Å². The summed E-state index contributed by atoms with van der Waals surface area (Å²) in [5.41, 5.74) is 2.64. The minimum absolute atomic E-state index is 0.0286. The van der Waals surface area contributed by atoms with Crippen molar-refractivity contribution in [1.29, 1.82) is 0 Å². The predicted octanol–water partition coefficient (Wildman–Crippen LogP) is 2.36. The molecule has 1 heterocycles. The Balaban J connectivity index is 2.11. The van der Waals surface area contributed by atoms with Crippen LogP contribution in [0.4, 0.5) is 0 Å². The summed E-state index contributed by atoms with van der Waals surface area (Å²) in [5, 5.41) is 0. The van der Waals surface area contributed by atoms with Crippen molar-refractivity contribution in [2.45, 2.75) is 18.4 Å². The van der Waals surface area contributed by atoms with Gasteiger partial charge in [-0.2, -0.15) is 8.42 Å². The summed E-state index contributed by atoms with van der Waals surface area (Å²) in [5.74, 6) is 0. The van der Waals surface area contributed by atoms with E-state index in [0.717, 1.165) is 10.4 Å². The Hall–Kier alpha value is -1.24. The van der Waals surface area contributed by atoms with Crippen LogP contribution in [0.15, 0.2) is 40.9 Å². The van der Waals surface area contributed by atoms with E-state index in [1.54, 1.807) is 23.8 Å². The van der Waals surface area contributed by atoms with Gasteiger partial charge in [0.25, 0.3) is 10.1 Å². The first-order valence-corrected chi connectivity index (χ1v) is 7.20. The summed E-state index contributed by atoms with van der Waals surface area (Å²) in [7, 11) is -3.67. The minimum Gasteiger partial charge on any atom is -0.261 e. The van der Waals surface area contributed by atoms with Crippen LogP contribution in [0, 0.1) is 6.92 Å². The molecule has 0 radical (unpaired) electrons. The van der Waals surface area contributed by atoms with Gasteiger partial charge in [-0.25, -0.2) is 0 Å². The van der Waals surface area contributed by atoms with Crippen LogP contribution in [0.5, 0.6) is 0 Å². The molecular weight excluding hydrogens is 258 g/mol. The quantitative estimate of drug-likeness (QED) is 0.799. The maximum atomic E-state index is 11.8. The van der Waals surface area contributed by atoms with Gasteiger partial charge >= 0.3 is 0 Å². The van der Waals surface area contributed by atoms with Crippen LogP contribution in [0.1, 0.15) is 10.4 Å². The molecule has 4 nitrogen and oxygen atoms in total. The molecule has 0 saturated carbocycles. The first-order valence-electron chi connectivity index (χ1n) is 4.91. The monoisotopic (exact) mass is 269 g/mol. The number of nitrogens with zero attached hydrogens (tertiary/aromatic N) is 1. The van der Waals surface area contributed by atoms with Crippen molar-refractivity contribution in [2.75, 3.05) is 0 Å². The van der Waals surface area contributed by atoms with Crippen molar-refractivity contribution in [1.82, 2.24) is 4.98 Å². The normalized spacial score (nSPS) is 11.6. The van der Waals surface area contributed by atoms with Crippen molar-refractivity contribution >= 4 is 21.5 Å². The average molecular weight is 269 g/mol. The molecule has 2 aromatic rings. The number of hydrogen-bond acceptors (Lipinski definition) is 5. The molecule has 0 amide bonds. The molecule has 0 spiro atoms. The SMILES string of the molecule is Cc1ccc(S(=O)(=O)OCc2cncs2)cc1. The summed E-state index contributed by atoms with van der Waals surface area (Å²) in [4.78, 5) is 4.80. The lowest BCUT2D eigenvalue weighted by molar-refractivity contribution is 0.311. The third-order valence-electron chi connectivity index (χ3n) is 2.15. The molecule has 0 aliphatic heterocycles. The van der Waals surface area contributed by atoms with Gasteiger partial charge in [0.05, 0.1) is 15.3 Å². The highest BCUT2D eigenvalue weighted by molar-refractivity contribution is 7.86. The Morgan fingerprint density at radius 2 is 2.00 bits per heavy atom. The molecule has 0 aliphatic carbocycles. The Bertz CT molecular complexity index is 574. The van der Waals surface area contributed by atoms with Gasteiger partial charge in [-0.1, -0.05) is 17.7 Å². The Morgan fingerprint density at radius 1 is 1.29 bits per heavy atom. The topological polar surface area (TPSA) is 56.3 Å². The van der Waals surface area contributed by atoms with E-state index in [1.807, 2.05) is 6.92 Å². The largest absolute Gasteiger partial charge is 0.297 e. The fourth-order valence-electron chi connectivity index (χ4n) is 1.22. The van der Waals surface area contributed by atoms with Gasteiger partial charge in [0.1, 0.15) is 6.61 Å². The van der Waals surface area contributed by atoms with Crippen LogP contribution in [-0.4, -0.2) is 13.4 Å². The molecule has 2 rings (SSSR count). The molecule has 1 aromatic carbocycles. The van der Waals surface area contributed by atoms with Gasteiger partial charge in [-0.3, -0.25) is 9.17 Å². The number of hydrogen-bond donors (Lipinski definition) is 0. The van der Waals surface area contributed by atoms with E-state index >= 15 is 0 Å². The zero-order chi connectivity index (χ0) is 12.3. The number of rotatable bonds is 4. The standard InChI is InChI=1S/C11H11NO3S2/c1-9-2-4-11(5-3-9)17(13,14)15-7-10-6-12-8-16-10/h2-6,8H,7H2,1H3. The second-order valence-electron chi connectivity index (χ2n) is 3.50. The van der Waals surface area contributed by atoms with Gasteiger partial charge in [0, 0.05) is 6.20 Å². The van der Waals surface area contributed by atoms with Gasteiger partial charge in [0.2, 0.25) is 0 Å². The van der Waals surface area contributed by atoms with Crippen molar-refractivity contribution in [3.8, 4) is 0 Å². The smallest absolute Gasteiger partial charge is 0.261 e. The average Bonchev–Trinajstić information content (AvgIpc) is 2.80. The molecule has 90 valence electrons. The molecule has 0 unspecified atom stereocenters. The first kappa shape index (κ1) is 12.2. The first-order chi connectivity index (χ1) is 8.08. The number of thiazole rings is 1. The Kier molecular flexibility index (Phi) is 3.56. The highest BCUT2D eigenvalue weighted by Crippen LogP contribution is 2.16. The fraction of sp³-hybridized carbons (Fsp3) is 0.182.